The maximum absolute atomic E-state index is 5.50. The number of benzene rings is 2. The van der Waals surface area contributed by atoms with Crippen molar-refractivity contribution in [1.29, 1.82) is 0 Å². The van der Waals surface area contributed by atoms with E-state index >= 15 is 0 Å². The van der Waals surface area contributed by atoms with Crippen LogP contribution in [0.25, 0.3) is 0 Å². The molecule has 3 rings (SSSR count). The molecule has 140 valence electrons. The molecule has 0 aromatic heterocycles. The third-order valence-electron chi connectivity index (χ3n) is 5.34. The summed E-state index contributed by atoms with van der Waals surface area (Å²) in [7, 11) is 3.42. The molecular weight excluding hydrogens is 324 g/mol. The van der Waals surface area contributed by atoms with E-state index in [1.807, 2.05) is 18.2 Å². The fourth-order valence-electron chi connectivity index (χ4n) is 3.81. The van der Waals surface area contributed by atoms with Crippen molar-refractivity contribution in [1.82, 2.24) is 10.2 Å². The van der Waals surface area contributed by atoms with Gasteiger partial charge < -0.3 is 14.8 Å². The first-order valence-corrected chi connectivity index (χ1v) is 9.42. The maximum Gasteiger partial charge on any atom is 0.127 e. The molecule has 26 heavy (non-hydrogen) atoms. The van der Waals surface area contributed by atoms with E-state index in [0.29, 0.717) is 12.1 Å². The van der Waals surface area contributed by atoms with Crippen LogP contribution in [0.3, 0.4) is 0 Å². The van der Waals surface area contributed by atoms with Crippen molar-refractivity contribution in [2.24, 2.45) is 0 Å². The molecule has 0 amide bonds. The van der Waals surface area contributed by atoms with Crippen LogP contribution in [0.1, 0.15) is 30.9 Å². The topological polar surface area (TPSA) is 33.7 Å². The molecule has 1 N–H and O–H groups in total. The van der Waals surface area contributed by atoms with E-state index in [2.05, 4.69) is 47.5 Å². The van der Waals surface area contributed by atoms with Gasteiger partial charge >= 0.3 is 0 Å². The van der Waals surface area contributed by atoms with E-state index in [1.54, 1.807) is 14.2 Å². The van der Waals surface area contributed by atoms with E-state index < -0.39 is 0 Å². The van der Waals surface area contributed by atoms with Crippen LogP contribution in [0.5, 0.6) is 11.5 Å². The van der Waals surface area contributed by atoms with Crippen molar-refractivity contribution < 1.29 is 9.47 Å². The standard InChI is InChI=1S/C22H30N2O2/c1-17-14-19(12-13-24(17)16-18-8-5-4-6-9-18)23-15-20-21(25-2)10-7-11-22(20)26-3/h4-11,17,19,23H,12-16H2,1-3H3/t17-,19-/m1/s1. The zero-order valence-corrected chi connectivity index (χ0v) is 16.1. The minimum absolute atomic E-state index is 0.520. The van der Waals surface area contributed by atoms with Crippen molar-refractivity contribution in [3.05, 3.63) is 59.7 Å². The highest BCUT2D eigenvalue weighted by Gasteiger charge is 2.25. The van der Waals surface area contributed by atoms with Gasteiger partial charge in [-0.2, -0.15) is 0 Å². The number of hydrogen-bond donors (Lipinski definition) is 1. The number of nitrogens with zero attached hydrogens (tertiary/aromatic N) is 1. The molecule has 0 spiro atoms. The molecule has 0 aliphatic carbocycles. The van der Waals surface area contributed by atoms with Gasteiger partial charge in [-0.25, -0.2) is 0 Å². The summed E-state index contributed by atoms with van der Waals surface area (Å²) in [4.78, 5) is 2.58. The summed E-state index contributed by atoms with van der Waals surface area (Å²) in [5.74, 6) is 1.76. The minimum Gasteiger partial charge on any atom is -0.496 e. The maximum atomic E-state index is 5.50. The van der Waals surface area contributed by atoms with Gasteiger partial charge in [-0.1, -0.05) is 36.4 Å². The summed E-state index contributed by atoms with van der Waals surface area (Å²) in [6.07, 6.45) is 2.32. The Bertz CT molecular complexity index is 668. The predicted molar refractivity (Wildman–Crippen MR) is 106 cm³/mol. The summed E-state index contributed by atoms with van der Waals surface area (Å²) >= 11 is 0. The van der Waals surface area contributed by atoms with E-state index in [-0.39, 0.29) is 0 Å². The van der Waals surface area contributed by atoms with Crippen LogP contribution >= 0.6 is 0 Å². The Kier molecular flexibility index (Phi) is 6.53. The Balaban J connectivity index is 1.55. The highest BCUT2D eigenvalue weighted by Crippen LogP contribution is 2.29. The molecule has 1 aliphatic heterocycles. The van der Waals surface area contributed by atoms with Gasteiger partial charge in [0.1, 0.15) is 11.5 Å². The number of piperidine rings is 1. The zero-order valence-electron chi connectivity index (χ0n) is 16.1. The molecule has 1 saturated heterocycles. The van der Waals surface area contributed by atoms with Crippen LogP contribution in [0.2, 0.25) is 0 Å². The molecule has 0 saturated carbocycles. The van der Waals surface area contributed by atoms with Crippen LogP contribution in [-0.2, 0) is 13.1 Å². The third kappa shape index (κ3) is 4.57. The first-order chi connectivity index (χ1) is 12.7. The van der Waals surface area contributed by atoms with Gasteiger partial charge in [0, 0.05) is 37.3 Å². The number of ether oxygens (including phenoxy) is 2. The van der Waals surface area contributed by atoms with E-state index in [4.69, 9.17) is 9.47 Å². The van der Waals surface area contributed by atoms with Gasteiger partial charge in [0.05, 0.1) is 14.2 Å². The number of methoxy groups -OCH3 is 2. The largest absolute Gasteiger partial charge is 0.496 e. The fourth-order valence-corrected chi connectivity index (χ4v) is 3.81. The van der Waals surface area contributed by atoms with Gasteiger partial charge in [0.25, 0.3) is 0 Å². The molecule has 2 aromatic rings. The van der Waals surface area contributed by atoms with Crippen LogP contribution < -0.4 is 14.8 Å². The molecular formula is C22H30N2O2. The summed E-state index contributed by atoms with van der Waals surface area (Å²) in [6, 6.07) is 17.8. The molecule has 4 nitrogen and oxygen atoms in total. The lowest BCUT2D eigenvalue weighted by Gasteiger charge is -2.38. The Morgan fingerprint density at radius 1 is 1.00 bits per heavy atom. The lowest BCUT2D eigenvalue weighted by atomic mass is 9.97. The van der Waals surface area contributed by atoms with E-state index in [9.17, 15) is 0 Å². The smallest absolute Gasteiger partial charge is 0.127 e. The Labute approximate surface area is 157 Å². The van der Waals surface area contributed by atoms with Gasteiger partial charge in [-0.05, 0) is 37.5 Å². The fraction of sp³-hybridized carbons (Fsp3) is 0.455. The van der Waals surface area contributed by atoms with Crippen LogP contribution in [0.15, 0.2) is 48.5 Å². The Morgan fingerprint density at radius 3 is 2.31 bits per heavy atom. The monoisotopic (exact) mass is 354 g/mol. The predicted octanol–water partition coefficient (Wildman–Crippen LogP) is 3.85. The highest BCUT2D eigenvalue weighted by molar-refractivity contribution is 5.44. The molecule has 1 fully saturated rings. The second-order valence-electron chi connectivity index (χ2n) is 7.05. The number of likely N-dealkylation sites (tertiary alicyclic amines) is 1. The first kappa shape index (κ1) is 18.7. The molecule has 0 unspecified atom stereocenters. The molecule has 1 aliphatic rings. The van der Waals surface area contributed by atoms with Crippen molar-refractivity contribution in [2.45, 2.75) is 44.9 Å². The molecule has 1 heterocycles. The quantitative estimate of drug-likeness (QED) is 0.819. The SMILES string of the molecule is COc1cccc(OC)c1CN[C@@H]1CCN(Cc2ccccc2)[C@H](C)C1. The second-order valence-corrected chi connectivity index (χ2v) is 7.05. The van der Waals surface area contributed by atoms with E-state index in [0.717, 1.165) is 49.5 Å². The summed E-state index contributed by atoms with van der Waals surface area (Å²) < 4.78 is 11.0. The van der Waals surface area contributed by atoms with Crippen LogP contribution in [0, 0.1) is 0 Å². The Morgan fingerprint density at radius 2 is 1.69 bits per heavy atom. The first-order valence-electron chi connectivity index (χ1n) is 9.42. The lowest BCUT2D eigenvalue weighted by Crippen LogP contribution is -2.46. The zero-order chi connectivity index (χ0) is 18.4. The average molecular weight is 354 g/mol. The number of rotatable bonds is 7. The Hall–Kier alpha value is -2.04. The van der Waals surface area contributed by atoms with Crippen molar-refractivity contribution in [3.8, 4) is 11.5 Å². The van der Waals surface area contributed by atoms with Gasteiger partial charge in [0.15, 0.2) is 0 Å². The summed E-state index contributed by atoms with van der Waals surface area (Å²) in [5, 5.41) is 3.72. The summed E-state index contributed by atoms with van der Waals surface area (Å²) in [6.45, 7) is 5.26. The molecule has 0 bridgehead atoms. The van der Waals surface area contributed by atoms with Crippen LogP contribution in [-0.4, -0.2) is 37.7 Å². The average Bonchev–Trinajstić information content (AvgIpc) is 2.68. The highest BCUT2D eigenvalue weighted by atomic mass is 16.5. The number of hydrogen-bond acceptors (Lipinski definition) is 4. The van der Waals surface area contributed by atoms with Gasteiger partial charge in [0.2, 0.25) is 0 Å². The third-order valence-corrected chi connectivity index (χ3v) is 5.34. The van der Waals surface area contributed by atoms with Gasteiger partial charge in [-0.15, -0.1) is 0 Å². The lowest BCUT2D eigenvalue weighted by molar-refractivity contribution is 0.128. The van der Waals surface area contributed by atoms with Crippen molar-refractivity contribution >= 4 is 0 Å². The van der Waals surface area contributed by atoms with Crippen LogP contribution in [0.4, 0.5) is 0 Å². The molecule has 2 aromatic carbocycles. The molecule has 4 heteroatoms. The molecule has 2 atom stereocenters. The van der Waals surface area contributed by atoms with E-state index in [1.165, 1.54) is 5.56 Å². The minimum atomic E-state index is 0.520. The van der Waals surface area contributed by atoms with Gasteiger partial charge in [-0.3, -0.25) is 4.90 Å². The normalized spacial score (nSPS) is 20.7. The van der Waals surface area contributed by atoms with Crippen molar-refractivity contribution in [3.63, 3.8) is 0 Å². The van der Waals surface area contributed by atoms with Crippen molar-refractivity contribution in [2.75, 3.05) is 20.8 Å². The number of nitrogens with one attached hydrogen (secondary N) is 1. The summed E-state index contributed by atoms with van der Waals surface area (Å²) in [5.41, 5.74) is 2.49. The second kappa shape index (κ2) is 9.06. The molecule has 0 radical (unpaired) electrons.